The van der Waals surface area contributed by atoms with Crippen molar-refractivity contribution >= 4 is 11.6 Å². The summed E-state index contributed by atoms with van der Waals surface area (Å²) in [5, 5.41) is 2.98. The average Bonchev–Trinajstić information content (AvgIpc) is 3.23. The number of ether oxygens (including phenoxy) is 1. The van der Waals surface area contributed by atoms with Gasteiger partial charge < -0.3 is 10.1 Å². The van der Waals surface area contributed by atoms with Crippen LogP contribution in [-0.4, -0.2) is 37.6 Å². The molecule has 2 rings (SSSR count). The van der Waals surface area contributed by atoms with Crippen LogP contribution in [0.5, 0.6) is 5.75 Å². The molecule has 116 valence electrons. The molecule has 1 aromatic rings. The quantitative estimate of drug-likeness (QED) is 0.800. The number of methoxy groups -OCH3 is 1. The van der Waals surface area contributed by atoms with E-state index in [1.165, 1.54) is 12.8 Å². The van der Waals surface area contributed by atoms with Crippen molar-refractivity contribution in [3.8, 4) is 5.75 Å². The highest BCUT2D eigenvalue weighted by atomic mass is 16.5. The van der Waals surface area contributed by atoms with E-state index in [2.05, 4.69) is 17.1 Å². The molecule has 1 N–H and O–H groups in total. The van der Waals surface area contributed by atoms with Gasteiger partial charge in [0.15, 0.2) is 0 Å². The number of benzene rings is 1. The molecule has 0 spiro atoms. The van der Waals surface area contributed by atoms with E-state index >= 15 is 0 Å². The first kappa shape index (κ1) is 15.8. The normalized spacial score (nSPS) is 14.3. The Morgan fingerprint density at radius 2 is 2.19 bits per heavy atom. The Morgan fingerprint density at radius 1 is 1.43 bits per heavy atom. The monoisotopic (exact) mass is 290 g/mol. The van der Waals surface area contributed by atoms with Crippen LogP contribution in [0.2, 0.25) is 0 Å². The molecule has 1 amide bonds. The zero-order valence-electron chi connectivity index (χ0n) is 13.3. The molecule has 1 aromatic carbocycles. The van der Waals surface area contributed by atoms with Crippen LogP contribution in [0.25, 0.3) is 0 Å². The maximum Gasteiger partial charge on any atom is 0.238 e. The first-order chi connectivity index (χ1) is 10.1. The van der Waals surface area contributed by atoms with Crippen molar-refractivity contribution in [3.63, 3.8) is 0 Å². The number of carbonyl (C=O) groups is 1. The van der Waals surface area contributed by atoms with Crippen LogP contribution in [0.3, 0.4) is 0 Å². The van der Waals surface area contributed by atoms with E-state index in [1.807, 2.05) is 25.1 Å². The summed E-state index contributed by atoms with van der Waals surface area (Å²) in [5.41, 5.74) is 1.86. The fourth-order valence-corrected chi connectivity index (χ4v) is 2.53. The van der Waals surface area contributed by atoms with Gasteiger partial charge in [0, 0.05) is 6.54 Å². The van der Waals surface area contributed by atoms with Crippen molar-refractivity contribution in [2.75, 3.05) is 32.1 Å². The molecule has 1 aliphatic rings. The van der Waals surface area contributed by atoms with Gasteiger partial charge in [0.25, 0.3) is 0 Å². The predicted molar refractivity (Wildman–Crippen MR) is 85.8 cm³/mol. The molecule has 1 fully saturated rings. The van der Waals surface area contributed by atoms with E-state index < -0.39 is 0 Å². The van der Waals surface area contributed by atoms with E-state index in [0.717, 1.165) is 36.7 Å². The summed E-state index contributed by atoms with van der Waals surface area (Å²) in [6.07, 6.45) is 3.70. The fourth-order valence-electron chi connectivity index (χ4n) is 2.53. The third kappa shape index (κ3) is 5.05. The second-order valence-electron chi connectivity index (χ2n) is 5.93. The van der Waals surface area contributed by atoms with Gasteiger partial charge in [0.2, 0.25) is 5.91 Å². The number of nitrogens with one attached hydrogen (secondary N) is 1. The predicted octanol–water partition coefficient (Wildman–Crippen LogP) is 3.06. The van der Waals surface area contributed by atoms with Crippen LogP contribution in [0.4, 0.5) is 5.69 Å². The Hall–Kier alpha value is -1.55. The summed E-state index contributed by atoms with van der Waals surface area (Å²) in [6, 6.07) is 5.81. The van der Waals surface area contributed by atoms with Crippen LogP contribution in [-0.2, 0) is 4.79 Å². The van der Waals surface area contributed by atoms with Gasteiger partial charge in [-0.05, 0) is 56.3 Å². The first-order valence-corrected chi connectivity index (χ1v) is 7.79. The number of amides is 1. The van der Waals surface area contributed by atoms with Crippen LogP contribution < -0.4 is 10.1 Å². The lowest BCUT2D eigenvalue weighted by molar-refractivity contribution is -0.117. The number of nitrogens with zero attached hydrogens (tertiary/aromatic N) is 1. The van der Waals surface area contributed by atoms with Crippen molar-refractivity contribution in [2.24, 2.45) is 5.92 Å². The van der Waals surface area contributed by atoms with Gasteiger partial charge in [-0.25, -0.2) is 0 Å². The Balaban J connectivity index is 1.94. The van der Waals surface area contributed by atoms with Gasteiger partial charge in [-0.3, -0.25) is 9.69 Å². The zero-order chi connectivity index (χ0) is 15.2. The molecule has 0 heterocycles. The minimum absolute atomic E-state index is 0.0352. The second kappa shape index (κ2) is 7.46. The van der Waals surface area contributed by atoms with Crippen LogP contribution in [0, 0.1) is 12.8 Å². The van der Waals surface area contributed by atoms with Gasteiger partial charge in [0.1, 0.15) is 5.75 Å². The summed E-state index contributed by atoms with van der Waals surface area (Å²) < 4.78 is 5.30. The molecule has 0 saturated heterocycles. The van der Waals surface area contributed by atoms with Crippen molar-refractivity contribution in [1.29, 1.82) is 0 Å². The molecule has 0 unspecified atom stereocenters. The molecule has 0 radical (unpaired) electrons. The average molecular weight is 290 g/mol. The summed E-state index contributed by atoms with van der Waals surface area (Å²) in [6.45, 7) is 6.65. The minimum atomic E-state index is 0.0352. The Kier molecular flexibility index (Phi) is 5.62. The Morgan fingerprint density at radius 3 is 2.81 bits per heavy atom. The minimum Gasteiger partial charge on any atom is -0.495 e. The highest BCUT2D eigenvalue weighted by Gasteiger charge is 2.25. The first-order valence-electron chi connectivity index (χ1n) is 7.79. The molecule has 1 aliphatic carbocycles. The highest BCUT2D eigenvalue weighted by molar-refractivity contribution is 5.93. The van der Waals surface area contributed by atoms with Gasteiger partial charge in [-0.1, -0.05) is 13.0 Å². The summed E-state index contributed by atoms with van der Waals surface area (Å²) in [5.74, 6) is 1.55. The van der Waals surface area contributed by atoms with Crippen LogP contribution in [0.1, 0.15) is 31.7 Å². The summed E-state index contributed by atoms with van der Waals surface area (Å²) >= 11 is 0. The summed E-state index contributed by atoms with van der Waals surface area (Å²) in [7, 11) is 1.62. The molecule has 0 bridgehead atoms. The number of anilines is 1. The number of hydrogen-bond donors (Lipinski definition) is 1. The Bertz CT molecular complexity index is 484. The molecule has 0 aromatic heterocycles. The molecular weight excluding hydrogens is 264 g/mol. The van der Waals surface area contributed by atoms with Crippen molar-refractivity contribution < 1.29 is 9.53 Å². The maximum atomic E-state index is 12.3. The van der Waals surface area contributed by atoms with Gasteiger partial charge in [-0.2, -0.15) is 0 Å². The molecule has 0 aliphatic heterocycles. The number of rotatable bonds is 8. The lowest BCUT2D eigenvalue weighted by Crippen LogP contribution is -2.35. The van der Waals surface area contributed by atoms with Gasteiger partial charge in [-0.15, -0.1) is 0 Å². The SMILES string of the molecule is CCCN(CC(=O)Nc1cc(C)ccc1OC)CC1CC1. The van der Waals surface area contributed by atoms with Crippen molar-refractivity contribution in [2.45, 2.75) is 33.1 Å². The van der Waals surface area contributed by atoms with Gasteiger partial charge in [0.05, 0.1) is 19.3 Å². The highest BCUT2D eigenvalue weighted by Crippen LogP contribution is 2.30. The lowest BCUT2D eigenvalue weighted by atomic mass is 10.2. The zero-order valence-corrected chi connectivity index (χ0v) is 13.3. The molecule has 4 nitrogen and oxygen atoms in total. The molecule has 0 atom stereocenters. The standard InChI is InChI=1S/C17H26N2O2/c1-4-9-19(11-14-6-7-14)12-17(20)18-15-10-13(2)5-8-16(15)21-3/h5,8,10,14H,4,6-7,9,11-12H2,1-3H3,(H,18,20). The number of hydrogen-bond acceptors (Lipinski definition) is 3. The fraction of sp³-hybridized carbons (Fsp3) is 0.588. The van der Waals surface area contributed by atoms with E-state index in [0.29, 0.717) is 12.3 Å². The largest absolute Gasteiger partial charge is 0.495 e. The van der Waals surface area contributed by atoms with E-state index in [4.69, 9.17) is 4.74 Å². The van der Waals surface area contributed by atoms with Crippen LogP contribution in [0.15, 0.2) is 18.2 Å². The molecule has 21 heavy (non-hydrogen) atoms. The third-order valence-corrected chi connectivity index (χ3v) is 3.75. The van der Waals surface area contributed by atoms with Crippen molar-refractivity contribution in [3.05, 3.63) is 23.8 Å². The Labute approximate surface area is 127 Å². The topological polar surface area (TPSA) is 41.6 Å². The van der Waals surface area contributed by atoms with Crippen LogP contribution >= 0.6 is 0 Å². The van der Waals surface area contributed by atoms with E-state index in [9.17, 15) is 4.79 Å². The van der Waals surface area contributed by atoms with Crippen molar-refractivity contribution in [1.82, 2.24) is 4.90 Å². The van der Waals surface area contributed by atoms with E-state index in [-0.39, 0.29) is 5.91 Å². The molecular formula is C17H26N2O2. The lowest BCUT2D eigenvalue weighted by Gasteiger charge is -2.21. The number of aryl methyl sites for hydroxylation is 1. The summed E-state index contributed by atoms with van der Waals surface area (Å²) in [4.78, 5) is 14.5. The third-order valence-electron chi connectivity index (χ3n) is 3.75. The number of carbonyl (C=O) groups excluding carboxylic acids is 1. The smallest absolute Gasteiger partial charge is 0.238 e. The van der Waals surface area contributed by atoms with E-state index in [1.54, 1.807) is 7.11 Å². The molecule has 1 saturated carbocycles. The second-order valence-corrected chi connectivity index (χ2v) is 5.93. The molecule has 4 heteroatoms. The van der Waals surface area contributed by atoms with Gasteiger partial charge >= 0.3 is 0 Å². The maximum absolute atomic E-state index is 12.3.